The summed E-state index contributed by atoms with van der Waals surface area (Å²) < 4.78 is 0. The van der Waals surface area contributed by atoms with Crippen molar-refractivity contribution >= 4 is 23.2 Å². The zero-order valence-corrected chi connectivity index (χ0v) is 12.2. The fraction of sp³-hybridized carbons (Fsp3) is 0.357. The van der Waals surface area contributed by atoms with E-state index in [1.165, 1.54) is 6.07 Å². The van der Waals surface area contributed by atoms with Gasteiger partial charge >= 0.3 is 0 Å². The van der Waals surface area contributed by atoms with Crippen LogP contribution < -0.4 is 16.2 Å². The lowest BCUT2D eigenvalue weighted by atomic mass is 10.1. The highest BCUT2D eigenvalue weighted by molar-refractivity contribution is 7.80. The smallest absolute Gasteiger partial charge is 0.269 e. The standard InChI is InChI=1S/C14H18N4OS/c1-2-3-4-8-16-14(20)18-17-13(19)12-7-5-6-11(9-12)10-15/h5-7,9H,2-4,8H2,1H3,(H,17,19)(H2,16,18,20). The summed E-state index contributed by atoms with van der Waals surface area (Å²) in [6, 6.07) is 8.45. The van der Waals surface area contributed by atoms with Crippen LogP contribution in [0.25, 0.3) is 0 Å². The molecule has 1 aromatic carbocycles. The van der Waals surface area contributed by atoms with Crippen molar-refractivity contribution in [1.82, 2.24) is 16.2 Å². The summed E-state index contributed by atoms with van der Waals surface area (Å²) in [6.45, 7) is 2.91. The number of amides is 1. The van der Waals surface area contributed by atoms with E-state index < -0.39 is 0 Å². The minimum Gasteiger partial charge on any atom is -0.361 e. The third-order valence-electron chi connectivity index (χ3n) is 2.61. The van der Waals surface area contributed by atoms with Crippen molar-refractivity contribution in [3.05, 3.63) is 35.4 Å². The highest BCUT2D eigenvalue weighted by atomic mass is 32.1. The Morgan fingerprint density at radius 2 is 2.15 bits per heavy atom. The molecule has 0 aliphatic heterocycles. The second-order valence-electron chi connectivity index (χ2n) is 4.23. The number of carbonyl (C=O) groups is 1. The van der Waals surface area contributed by atoms with Crippen LogP contribution in [0.4, 0.5) is 0 Å². The molecule has 0 unspecified atom stereocenters. The first kappa shape index (κ1) is 15.9. The summed E-state index contributed by atoms with van der Waals surface area (Å²) in [7, 11) is 0. The number of hydrogen-bond donors (Lipinski definition) is 3. The first-order valence-electron chi connectivity index (χ1n) is 6.51. The van der Waals surface area contributed by atoms with E-state index in [9.17, 15) is 4.79 Å². The van der Waals surface area contributed by atoms with Crippen molar-refractivity contribution in [2.24, 2.45) is 0 Å². The molecule has 0 spiro atoms. The van der Waals surface area contributed by atoms with Gasteiger partial charge in [-0.05, 0) is 36.8 Å². The summed E-state index contributed by atoms with van der Waals surface area (Å²) >= 11 is 5.03. The Bertz CT molecular complexity index is 510. The summed E-state index contributed by atoms with van der Waals surface area (Å²) in [5, 5.41) is 12.2. The molecule has 0 bridgehead atoms. The van der Waals surface area contributed by atoms with E-state index in [2.05, 4.69) is 23.1 Å². The van der Waals surface area contributed by atoms with Gasteiger partial charge in [0.1, 0.15) is 0 Å². The average molecular weight is 290 g/mol. The summed E-state index contributed by atoms with van der Waals surface area (Å²) in [4.78, 5) is 11.8. The molecule has 0 aliphatic rings. The molecule has 3 N–H and O–H groups in total. The minimum atomic E-state index is -0.334. The number of nitrogens with zero attached hydrogens (tertiary/aromatic N) is 1. The molecule has 1 amide bonds. The summed E-state index contributed by atoms with van der Waals surface area (Å²) in [6.07, 6.45) is 3.33. The Labute approximate surface area is 124 Å². The van der Waals surface area contributed by atoms with Crippen LogP contribution in [0.2, 0.25) is 0 Å². The van der Waals surface area contributed by atoms with E-state index in [0.717, 1.165) is 25.8 Å². The molecule has 0 fully saturated rings. The van der Waals surface area contributed by atoms with Gasteiger partial charge in [0.25, 0.3) is 5.91 Å². The predicted molar refractivity (Wildman–Crippen MR) is 81.9 cm³/mol. The lowest BCUT2D eigenvalue weighted by Gasteiger charge is -2.11. The lowest BCUT2D eigenvalue weighted by molar-refractivity contribution is 0.0943. The first-order valence-corrected chi connectivity index (χ1v) is 6.92. The van der Waals surface area contributed by atoms with Crippen molar-refractivity contribution in [3.8, 4) is 6.07 Å². The Kier molecular flexibility index (Phi) is 7.07. The number of nitrogens with one attached hydrogen (secondary N) is 3. The molecule has 6 heteroatoms. The van der Waals surface area contributed by atoms with Crippen molar-refractivity contribution < 1.29 is 4.79 Å². The summed E-state index contributed by atoms with van der Waals surface area (Å²) in [5.41, 5.74) is 5.97. The molecule has 0 aromatic heterocycles. The zero-order chi connectivity index (χ0) is 14.8. The van der Waals surface area contributed by atoms with Crippen LogP contribution in [0.3, 0.4) is 0 Å². The molecule has 1 aromatic rings. The Morgan fingerprint density at radius 1 is 1.35 bits per heavy atom. The number of carbonyl (C=O) groups excluding carboxylic acids is 1. The van der Waals surface area contributed by atoms with Gasteiger partial charge in [0.15, 0.2) is 5.11 Å². The van der Waals surface area contributed by atoms with Gasteiger partial charge in [-0.1, -0.05) is 25.8 Å². The first-order chi connectivity index (χ1) is 9.67. The highest BCUT2D eigenvalue weighted by Gasteiger charge is 2.06. The normalized spacial score (nSPS) is 9.40. The van der Waals surface area contributed by atoms with Gasteiger partial charge in [-0.3, -0.25) is 15.6 Å². The molecule has 0 radical (unpaired) electrons. The van der Waals surface area contributed by atoms with Gasteiger partial charge in [-0.15, -0.1) is 0 Å². The van der Waals surface area contributed by atoms with Crippen molar-refractivity contribution in [2.45, 2.75) is 26.2 Å². The summed E-state index contributed by atoms with van der Waals surface area (Å²) in [5.74, 6) is -0.334. The minimum absolute atomic E-state index is 0.334. The number of hydrogen-bond acceptors (Lipinski definition) is 3. The largest absolute Gasteiger partial charge is 0.361 e. The van der Waals surface area contributed by atoms with E-state index in [1.54, 1.807) is 18.2 Å². The molecule has 5 nitrogen and oxygen atoms in total. The van der Waals surface area contributed by atoms with Gasteiger partial charge < -0.3 is 5.32 Å². The SMILES string of the molecule is CCCCCNC(=S)NNC(=O)c1cccc(C#N)c1. The molecule has 0 atom stereocenters. The molecule has 0 heterocycles. The molecule has 20 heavy (non-hydrogen) atoms. The Balaban J connectivity index is 2.35. The topological polar surface area (TPSA) is 76.9 Å². The van der Waals surface area contributed by atoms with E-state index in [1.807, 2.05) is 6.07 Å². The number of thiocarbonyl (C=S) groups is 1. The maximum absolute atomic E-state index is 11.8. The van der Waals surface area contributed by atoms with Gasteiger partial charge in [0.2, 0.25) is 0 Å². The Hall–Kier alpha value is -2.13. The van der Waals surface area contributed by atoms with Crippen LogP contribution in [-0.4, -0.2) is 17.6 Å². The van der Waals surface area contributed by atoms with Gasteiger partial charge in [-0.2, -0.15) is 5.26 Å². The van der Waals surface area contributed by atoms with Crippen LogP contribution in [0.5, 0.6) is 0 Å². The molecule has 106 valence electrons. The van der Waals surface area contributed by atoms with Crippen LogP contribution in [0.1, 0.15) is 42.1 Å². The van der Waals surface area contributed by atoms with E-state index in [0.29, 0.717) is 16.2 Å². The molecule has 0 saturated carbocycles. The quantitative estimate of drug-likeness (QED) is 0.438. The fourth-order valence-electron chi connectivity index (χ4n) is 1.54. The molecular formula is C14H18N4OS. The number of nitriles is 1. The average Bonchev–Trinajstić information content (AvgIpc) is 2.49. The number of rotatable bonds is 5. The maximum atomic E-state index is 11.8. The van der Waals surface area contributed by atoms with Gasteiger partial charge in [-0.25, -0.2) is 0 Å². The third-order valence-corrected chi connectivity index (χ3v) is 2.86. The van der Waals surface area contributed by atoms with Crippen molar-refractivity contribution in [3.63, 3.8) is 0 Å². The second-order valence-corrected chi connectivity index (χ2v) is 4.64. The van der Waals surface area contributed by atoms with Crippen LogP contribution >= 0.6 is 12.2 Å². The highest BCUT2D eigenvalue weighted by Crippen LogP contribution is 2.03. The predicted octanol–water partition coefficient (Wildman–Crippen LogP) is 1.86. The number of benzene rings is 1. The van der Waals surface area contributed by atoms with Crippen LogP contribution in [0.15, 0.2) is 24.3 Å². The number of hydrazine groups is 1. The lowest BCUT2D eigenvalue weighted by Crippen LogP contribution is -2.46. The van der Waals surface area contributed by atoms with Crippen LogP contribution in [0, 0.1) is 11.3 Å². The van der Waals surface area contributed by atoms with Crippen molar-refractivity contribution in [1.29, 1.82) is 5.26 Å². The third kappa shape index (κ3) is 5.67. The zero-order valence-electron chi connectivity index (χ0n) is 11.4. The van der Waals surface area contributed by atoms with Gasteiger partial charge in [0.05, 0.1) is 11.6 Å². The van der Waals surface area contributed by atoms with E-state index in [-0.39, 0.29) is 5.91 Å². The second kappa shape index (κ2) is 8.88. The molecular weight excluding hydrogens is 272 g/mol. The van der Waals surface area contributed by atoms with Gasteiger partial charge in [0, 0.05) is 12.1 Å². The maximum Gasteiger partial charge on any atom is 0.269 e. The van der Waals surface area contributed by atoms with Crippen molar-refractivity contribution in [2.75, 3.05) is 6.54 Å². The molecule has 0 aliphatic carbocycles. The number of unbranched alkanes of at least 4 members (excludes halogenated alkanes) is 2. The molecule has 0 saturated heterocycles. The molecule has 1 rings (SSSR count). The van der Waals surface area contributed by atoms with Crippen LogP contribution in [-0.2, 0) is 0 Å². The van der Waals surface area contributed by atoms with E-state index in [4.69, 9.17) is 17.5 Å². The Morgan fingerprint density at radius 3 is 2.85 bits per heavy atom. The van der Waals surface area contributed by atoms with E-state index >= 15 is 0 Å². The monoisotopic (exact) mass is 290 g/mol. The fourth-order valence-corrected chi connectivity index (χ4v) is 1.69.